The van der Waals surface area contributed by atoms with Gasteiger partial charge in [0.2, 0.25) is 0 Å². The fourth-order valence-corrected chi connectivity index (χ4v) is 9.37. The molecule has 2 fully saturated rings. The SMILES string of the molecule is Cc1cc(Br)cc(C)c1N1C(=NC(=O)[C@@H](Cc2ccccc2)NC(=O)OC(C)(C)C)S[C@H]2CS(=O)(=O)C[C@@H]21. The van der Waals surface area contributed by atoms with Gasteiger partial charge in [-0.1, -0.05) is 58.0 Å². The summed E-state index contributed by atoms with van der Waals surface area (Å²) in [6.07, 6.45) is -0.469. The number of thioether (sulfide) groups is 1. The van der Waals surface area contributed by atoms with Gasteiger partial charge in [0.05, 0.1) is 17.5 Å². The van der Waals surface area contributed by atoms with E-state index in [4.69, 9.17) is 4.74 Å². The molecule has 2 aliphatic rings. The zero-order chi connectivity index (χ0) is 27.8. The largest absolute Gasteiger partial charge is 0.444 e. The lowest BCUT2D eigenvalue weighted by Gasteiger charge is -2.28. The smallest absolute Gasteiger partial charge is 0.408 e. The van der Waals surface area contributed by atoms with Gasteiger partial charge in [0.25, 0.3) is 5.91 Å². The number of amidine groups is 1. The Morgan fingerprint density at radius 1 is 1.16 bits per heavy atom. The van der Waals surface area contributed by atoms with Crippen molar-refractivity contribution in [3.63, 3.8) is 0 Å². The molecule has 3 atom stereocenters. The summed E-state index contributed by atoms with van der Waals surface area (Å²) in [5.41, 5.74) is 2.86. The molecule has 2 saturated heterocycles. The Hall–Kier alpha value is -2.37. The van der Waals surface area contributed by atoms with E-state index in [2.05, 4.69) is 26.2 Å². The van der Waals surface area contributed by atoms with Crippen LogP contribution in [0, 0.1) is 13.8 Å². The van der Waals surface area contributed by atoms with Gasteiger partial charge in [-0.3, -0.25) is 4.79 Å². The van der Waals surface area contributed by atoms with Gasteiger partial charge in [-0.2, -0.15) is 4.99 Å². The number of fused-ring (bicyclic) bond motifs is 1. The van der Waals surface area contributed by atoms with Crippen molar-refractivity contribution in [2.24, 2.45) is 4.99 Å². The van der Waals surface area contributed by atoms with Crippen molar-refractivity contribution in [3.8, 4) is 0 Å². The van der Waals surface area contributed by atoms with Crippen LogP contribution in [0.15, 0.2) is 51.9 Å². The van der Waals surface area contributed by atoms with E-state index >= 15 is 0 Å². The highest BCUT2D eigenvalue weighted by Crippen LogP contribution is 2.43. The second kappa shape index (κ2) is 11.0. The Balaban J connectivity index is 1.70. The van der Waals surface area contributed by atoms with Gasteiger partial charge in [-0.05, 0) is 63.4 Å². The Morgan fingerprint density at radius 3 is 2.39 bits per heavy atom. The molecule has 0 aliphatic carbocycles. The van der Waals surface area contributed by atoms with E-state index in [9.17, 15) is 18.0 Å². The number of carbonyl (C=O) groups is 2. The van der Waals surface area contributed by atoms with E-state index in [1.165, 1.54) is 11.8 Å². The molecule has 0 unspecified atom stereocenters. The summed E-state index contributed by atoms with van der Waals surface area (Å²) in [4.78, 5) is 32.7. The van der Waals surface area contributed by atoms with Crippen molar-refractivity contribution in [3.05, 3.63) is 63.6 Å². The van der Waals surface area contributed by atoms with Crippen LogP contribution in [0.1, 0.15) is 37.5 Å². The van der Waals surface area contributed by atoms with Crippen molar-refractivity contribution >= 4 is 60.4 Å². The van der Waals surface area contributed by atoms with E-state index in [0.29, 0.717) is 5.17 Å². The molecule has 2 aliphatic heterocycles. The number of carbonyl (C=O) groups excluding carboxylic acids is 2. The number of amides is 2. The van der Waals surface area contributed by atoms with E-state index in [-0.39, 0.29) is 29.2 Å². The maximum Gasteiger partial charge on any atom is 0.408 e. The number of nitrogens with one attached hydrogen (secondary N) is 1. The summed E-state index contributed by atoms with van der Waals surface area (Å²) in [6.45, 7) is 9.17. The van der Waals surface area contributed by atoms with E-state index < -0.39 is 33.5 Å². The number of alkyl carbamates (subject to hydrolysis) is 1. The summed E-state index contributed by atoms with van der Waals surface area (Å²) < 4.78 is 31.3. The van der Waals surface area contributed by atoms with Crippen LogP contribution in [-0.4, -0.2) is 60.0 Å². The molecule has 38 heavy (non-hydrogen) atoms. The van der Waals surface area contributed by atoms with Gasteiger partial charge in [0, 0.05) is 21.8 Å². The first kappa shape index (κ1) is 28.6. The average Bonchev–Trinajstić information content (AvgIpc) is 3.23. The molecule has 1 N–H and O–H groups in total. The molecule has 2 aromatic carbocycles. The number of nitrogens with zero attached hydrogens (tertiary/aromatic N) is 2. The molecular weight excluding hydrogens is 590 g/mol. The summed E-state index contributed by atoms with van der Waals surface area (Å²) in [5.74, 6) is -0.497. The van der Waals surface area contributed by atoms with E-state index in [1.807, 2.05) is 61.2 Å². The van der Waals surface area contributed by atoms with Gasteiger partial charge in [-0.25, -0.2) is 13.2 Å². The molecule has 11 heteroatoms. The predicted octanol–water partition coefficient (Wildman–Crippen LogP) is 4.80. The molecule has 2 aromatic rings. The first-order valence-electron chi connectivity index (χ1n) is 12.3. The number of benzene rings is 2. The van der Waals surface area contributed by atoms with Crippen LogP contribution < -0.4 is 10.2 Å². The molecule has 0 spiro atoms. The lowest BCUT2D eigenvalue weighted by Crippen LogP contribution is -2.45. The van der Waals surface area contributed by atoms with Gasteiger partial charge in [0.15, 0.2) is 15.0 Å². The summed E-state index contributed by atoms with van der Waals surface area (Å²) in [5, 5.41) is 2.90. The Bertz CT molecular complexity index is 1350. The number of hydrogen-bond donors (Lipinski definition) is 1. The monoisotopic (exact) mass is 621 g/mol. The molecule has 204 valence electrons. The number of halogens is 1. The number of hydrogen-bond acceptors (Lipinski definition) is 6. The molecule has 8 nitrogen and oxygen atoms in total. The Morgan fingerprint density at radius 2 is 1.79 bits per heavy atom. The first-order chi connectivity index (χ1) is 17.7. The second-order valence-corrected chi connectivity index (χ2v) is 15.0. The highest BCUT2D eigenvalue weighted by Gasteiger charge is 2.50. The van der Waals surface area contributed by atoms with Crippen LogP contribution >= 0.6 is 27.7 Å². The number of anilines is 1. The zero-order valence-electron chi connectivity index (χ0n) is 22.0. The summed E-state index contributed by atoms with van der Waals surface area (Å²) in [6, 6.07) is 12.0. The lowest BCUT2D eigenvalue weighted by atomic mass is 10.1. The van der Waals surface area contributed by atoms with Crippen molar-refractivity contribution < 1.29 is 22.7 Å². The fraction of sp³-hybridized carbons (Fsp3) is 0.444. The van der Waals surface area contributed by atoms with Crippen molar-refractivity contribution in [2.45, 2.75) is 64.0 Å². The fourth-order valence-electron chi connectivity index (χ4n) is 4.78. The van der Waals surface area contributed by atoms with Crippen LogP contribution in [0.4, 0.5) is 10.5 Å². The third-order valence-electron chi connectivity index (χ3n) is 6.24. The number of sulfone groups is 1. The Kier molecular flexibility index (Phi) is 8.30. The van der Waals surface area contributed by atoms with Gasteiger partial charge >= 0.3 is 6.09 Å². The standard InChI is InChI=1S/C27H32BrN3O5S2/c1-16-11-19(28)12-17(2)23(16)31-21-14-38(34,35)15-22(21)37-25(31)30-24(32)20(13-18-9-7-6-8-10-18)29-26(33)36-27(3,4)5/h6-12,20-22H,13-15H2,1-5H3,(H,29,33)/t20-,21+,22+/m1/s1. The molecule has 0 saturated carbocycles. The van der Waals surface area contributed by atoms with Crippen molar-refractivity contribution in [1.29, 1.82) is 0 Å². The first-order valence-corrected chi connectivity index (χ1v) is 15.8. The van der Waals surface area contributed by atoms with Crippen molar-refractivity contribution in [2.75, 3.05) is 16.4 Å². The van der Waals surface area contributed by atoms with Crippen LogP contribution in [0.5, 0.6) is 0 Å². The highest BCUT2D eigenvalue weighted by molar-refractivity contribution is 9.10. The van der Waals surface area contributed by atoms with E-state index in [1.54, 1.807) is 20.8 Å². The predicted molar refractivity (Wildman–Crippen MR) is 156 cm³/mol. The third kappa shape index (κ3) is 6.79. The van der Waals surface area contributed by atoms with Crippen LogP contribution in [0.25, 0.3) is 0 Å². The lowest BCUT2D eigenvalue weighted by molar-refractivity contribution is -0.119. The average molecular weight is 623 g/mol. The molecule has 2 heterocycles. The summed E-state index contributed by atoms with van der Waals surface area (Å²) >= 11 is 4.83. The minimum Gasteiger partial charge on any atom is -0.444 e. The number of ether oxygens (including phenoxy) is 1. The quantitative estimate of drug-likeness (QED) is 0.511. The number of rotatable bonds is 5. The van der Waals surface area contributed by atoms with Crippen molar-refractivity contribution in [1.82, 2.24) is 5.32 Å². The van der Waals surface area contributed by atoms with Gasteiger partial charge in [-0.15, -0.1) is 0 Å². The van der Waals surface area contributed by atoms with Crippen LogP contribution in [0.2, 0.25) is 0 Å². The maximum atomic E-state index is 13.6. The summed E-state index contributed by atoms with van der Waals surface area (Å²) in [7, 11) is -3.21. The zero-order valence-corrected chi connectivity index (χ0v) is 25.2. The minimum atomic E-state index is -3.21. The second-order valence-electron chi connectivity index (χ2n) is 10.7. The van der Waals surface area contributed by atoms with Gasteiger partial charge in [0.1, 0.15) is 11.6 Å². The maximum absolute atomic E-state index is 13.6. The van der Waals surface area contributed by atoms with Gasteiger partial charge < -0.3 is 15.0 Å². The van der Waals surface area contributed by atoms with Crippen LogP contribution in [-0.2, 0) is 25.8 Å². The topological polar surface area (TPSA) is 105 Å². The Labute approximate surface area is 236 Å². The molecule has 0 radical (unpaired) electrons. The molecule has 4 rings (SSSR count). The van der Waals surface area contributed by atoms with E-state index in [0.717, 1.165) is 26.9 Å². The third-order valence-corrected chi connectivity index (χ3v) is 9.91. The van der Waals surface area contributed by atoms with Crippen LogP contribution in [0.3, 0.4) is 0 Å². The normalized spacial score (nSPS) is 22.3. The molecule has 2 amide bonds. The number of aryl methyl sites for hydroxylation is 2. The minimum absolute atomic E-state index is 0.00355. The molecular formula is C27H32BrN3O5S2. The molecule has 0 bridgehead atoms. The molecule has 0 aromatic heterocycles. The number of aliphatic imine (C=N–C) groups is 1. The highest BCUT2D eigenvalue weighted by atomic mass is 79.9.